The van der Waals surface area contributed by atoms with Crippen LogP contribution in [0.5, 0.6) is 0 Å². The molecule has 2 rings (SSSR count). The first-order valence-corrected chi connectivity index (χ1v) is 7.54. The number of benzene rings is 1. The second-order valence-corrected chi connectivity index (χ2v) is 6.37. The third kappa shape index (κ3) is 3.00. The summed E-state index contributed by atoms with van der Waals surface area (Å²) in [5, 5.41) is 7.40. The normalized spacial score (nSPS) is 11.3. The molecule has 0 aliphatic rings. The molecule has 1 heterocycles. The predicted octanol–water partition coefficient (Wildman–Crippen LogP) is 2.13. The maximum Gasteiger partial charge on any atom is 0.263 e. The van der Waals surface area contributed by atoms with E-state index >= 15 is 0 Å². The molecule has 0 amide bonds. The third-order valence-electron chi connectivity index (χ3n) is 2.86. The van der Waals surface area contributed by atoms with Gasteiger partial charge in [0.25, 0.3) is 10.0 Å². The van der Waals surface area contributed by atoms with E-state index in [1.54, 1.807) is 13.0 Å². The van der Waals surface area contributed by atoms with Crippen molar-refractivity contribution in [3.05, 3.63) is 40.5 Å². The van der Waals surface area contributed by atoms with Crippen molar-refractivity contribution in [1.29, 1.82) is 0 Å². The molecule has 0 fully saturated rings. The summed E-state index contributed by atoms with van der Waals surface area (Å²) >= 11 is 5.59. The number of aromatic nitrogens is 2. The largest absolute Gasteiger partial charge is 0.398 e. The summed E-state index contributed by atoms with van der Waals surface area (Å²) in [7, 11) is -3.76. The lowest BCUT2D eigenvalue weighted by atomic mass is 10.1. The molecule has 0 atom stereocenters. The van der Waals surface area contributed by atoms with Crippen LogP contribution in [0.1, 0.15) is 11.1 Å². The van der Waals surface area contributed by atoms with Gasteiger partial charge in [-0.05, 0) is 49.2 Å². The summed E-state index contributed by atoms with van der Waals surface area (Å²) < 4.78 is 26.8. The molecule has 1 aromatic carbocycles. The van der Waals surface area contributed by atoms with E-state index in [-0.39, 0.29) is 15.9 Å². The van der Waals surface area contributed by atoms with Crippen LogP contribution in [-0.4, -0.2) is 18.6 Å². The number of sulfonamides is 1. The number of nitrogens with one attached hydrogen (secondary N) is 1. The lowest BCUT2D eigenvalue weighted by molar-refractivity contribution is 0.601. The van der Waals surface area contributed by atoms with Gasteiger partial charge in [-0.3, -0.25) is 4.72 Å². The van der Waals surface area contributed by atoms with Crippen LogP contribution in [0, 0.1) is 13.8 Å². The van der Waals surface area contributed by atoms with Crippen LogP contribution in [0.2, 0.25) is 5.15 Å². The number of anilines is 2. The van der Waals surface area contributed by atoms with E-state index in [1.807, 2.05) is 6.92 Å². The Morgan fingerprint density at radius 2 is 1.90 bits per heavy atom. The zero-order chi connectivity index (χ0) is 14.9. The maximum atomic E-state index is 12.2. The van der Waals surface area contributed by atoms with Gasteiger partial charge in [0.1, 0.15) is 0 Å². The predicted molar refractivity (Wildman–Crippen MR) is 78.2 cm³/mol. The summed E-state index contributed by atoms with van der Waals surface area (Å²) in [5.74, 6) is 0.0891. The Morgan fingerprint density at radius 3 is 2.45 bits per heavy atom. The van der Waals surface area contributed by atoms with E-state index in [1.165, 1.54) is 18.2 Å². The summed E-state index contributed by atoms with van der Waals surface area (Å²) in [4.78, 5) is 0.0786. The van der Waals surface area contributed by atoms with Gasteiger partial charge >= 0.3 is 0 Å². The van der Waals surface area contributed by atoms with Gasteiger partial charge in [-0.1, -0.05) is 11.6 Å². The zero-order valence-electron chi connectivity index (χ0n) is 10.9. The Kier molecular flexibility index (Phi) is 3.82. The summed E-state index contributed by atoms with van der Waals surface area (Å²) in [5.41, 5.74) is 7.87. The van der Waals surface area contributed by atoms with Crippen molar-refractivity contribution < 1.29 is 8.42 Å². The van der Waals surface area contributed by atoms with Gasteiger partial charge in [0.2, 0.25) is 0 Å². The first-order valence-electron chi connectivity index (χ1n) is 5.68. The molecule has 1 aromatic heterocycles. The van der Waals surface area contributed by atoms with Crippen LogP contribution in [0.25, 0.3) is 0 Å². The molecule has 2 aromatic rings. The molecular formula is C12H13ClN4O2S. The molecule has 0 saturated carbocycles. The van der Waals surface area contributed by atoms with Gasteiger partial charge in [0.05, 0.1) is 4.90 Å². The molecule has 0 aliphatic heterocycles. The van der Waals surface area contributed by atoms with Crippen LogP contribution in [-0.2, 0) is 10.0 Å². The molecule has 0 unspecified atom stereocenters. The Morgan fingerprint density at radius 1 is 1.20 bits per heavy atom. The van der Waals surface area contributed by atoms with Gasteiger partial charge < -0.3 is 5.73 Å². The van der Waals surface area contributed by atoms with Crippen molar-refractivity contribution in [1.82, 2.24) is 10.2 Å². The second-order valence-electron chi connectivity index (χ2n) is 4.30. The minimum Gasteiger partial charge on any atom is -0.398 e. The van der Waals surface area contributed by atoms with Crippen LogP contribution < -0.4 is 10.5 Å². The molecule has 20 heavy (non-hydrogen) atoms. The highest BCUT2D eigenvalue weighted by atomic mass is 35.5. The van der Waals surface area contributed by atoms with E-state index in [4.69, 9.17) is 17.3 Å². The average Bonchev–Trinajstić information content (AvgIpc) is 2.38. The number of hydrogen-bond acceptors (Lipinski definition) is 5. The topological polar surface area (TPSA) is 98.0 Å². The van der Waals surface area contributed by atoms with Gasteiger partial charge in [-0.2, -0.15) is 0 Å². The Hall–Kier alpha value is -1.86. The number of hydrogen-bond donors (Lipinski definition) is 2. The maximum absolute atomic E-state index is 12.2. The summed E-state index contributed by atoms with van der Waals surface area (Å²) in [6, 6.07) is 5.84. The summed E-state index contributed by atoms with van der Waals surface area (Å²) in [6.45, 7) is 3.63. The van der Waals surface area contributed by atoms with Crippen molar-refractivity contribution in [3.8, 4) is 0 Å². The van der Waals surface area contributed by atoms with Crippen LogP contribution >= 0.6 is 11.6 Å². The van der Waals surface area contributed by atoms with E-state index < -0.39 is 10.0 Å². The number of aryl methyl sites for hydroxylation is 1. The minimum absolute atomic E-state index is 0.0786. The van der Waals surface area contributed by atoms with Gasteiger partial charge in [0.15, 0.2) is 11.0 Å². The van der Waals surface area contributed by atoms with E-state index in [0.29, 0.717) is 5.69 Å². The lowest BCUT2D eigenvalue weighted by Crippen LogP contribution is -2.15. The lowest BCUT2D eigenvalue weighted by Gasteiger charge is -2.10. The number of nitrogens with zero attached hydrogens (tertiary/aromatic N) is 2. The molecule has 3 N–H and O–H groups in total. The fourth-order valence-electron chi connectivity index (χ4n) is 1.57. The molecule has 0 saturated heterocycles. The minimum atomic E-state index is -3.76. The zero-order valence-corrected chi connectivity index (χ0v) is 12.5. The Balaban J connectivity index is 2.38. The number of rotatable bonds is 3. The van der Waals surface area contributed by atoms with Crippen molar-refractivity contribution >= 4 is 33.1 Å². The van der Waals surface area contributed by atoms with Crippen molar-refractivity contribution in [3.63, 3.8) is 0 Å². The molecule has 106 valence electrons. The molecule has 6 nitrogen and oxygen atoms in total. The molecule has 0 radical (unpaired) electrons. The van der Waals surface area contributed by atoms with E-state index in [9.17, 15) is 8.42 Å². The Labute approximate surface area is 122 Å². The SMILES string of the molecule is Cc1cc(S(=O)(=O)Nc2ccc(Cl)nn2)cc(N)c1C. The highest BCUT2D eigenvalue weighted by molar-refractivity contribution is 7.92. The highest BCUT2D eigenvalue weighted by Gasteiger charge is 2.17. The quantitative estimate of drug-likeness (QED) is 0.846. The van der Waals surface area contributed by atoms with E-state index in [0.717, 1.165) is 11.1 Å². The molecule has 8 heteroatoms. The number of halogens is 1. The van der Waals surface area contributed by atoms with Gasteiger partial charge in [-0.25, -0.2) is 8.42 Å². The second kappa shape index (κ2) is 5.26. The van der Waals surface area contributed by atoms with Crippen LogP contribution in [0.15, 0.2) is 29.2 Å². The molecule has 0 aliphatic carbocycles. The first kappa shape index (κ1) is 14.5. The number of nitrogen functional groups attached to an aromatic ring is 1. The van der Waals surface area contributed by atoms with E-state index in [2.05, 4.69) is 14.9 Å². The first-order chi connectivity index (χ1) is 9.29. The van der Waals surface area contributed by atoms with Crippen molar-refractivity contribution in [2.45, 2.75) is 18.7 Å². The Bertz CT molecular complexity index is 722. The fraction of sp³-hybridized carbons (Fsp3) is 0.167. The third-order valence-corrected chi connectivity index (χ3v) is 4.40. The van der Waals surface area contributed by atoms with Crippen molar-refractivity contribution in [2.75, 3.05) is 10.5 Å². The van der Waals surface area contributed by atoms with Crippen LogP contribution in [0.4, 0.5) is 11.5 Å². The smallest absolute Gasteiger partial charge is 0.263 e. The van der Waals surface area contributed by atoms with Crippen LogP contribution in [0.3, 0.4) is 0 Å². The molecular weight excluding hydrogens is 300 g/mol. The van der Waals surface area contributed by atoms with Crippen molar-refractivity contribution in [2.24, 2.45) is 0 Å². The fourth-order valence-corrected chi connectivity index (χ4v) is 2.79. The molecule has 0 spiro atoms. The highest BCUT2D eigenvalue weighted by Crippen LogP contribution is 2.23. The van der Waals surface area contributed by atoms with Gasteiger partial charge in [-0.15, -0.1) is 10.2 Å². The average molecular weight is 313 g/mol. The number of nitrogens with two attached hydrogens (primary N) is 1. The monoisotopic (exact) mass is 312 g/mol. The molecule has 0 bridgehead atoms. The standard InChI is InChI=1S/C12H13ClN4O2S/c1-7-5-9(6-10(14)8(7)2)20(18,19)17-12-4-3-11(13)15-16-12/h3-6H,14H2,1-2H3,(H,16,17). The summed E-state index contributed by atoms with van der Waals surface area (Å²) in [6.07, 6.45) is 0. The van der Waals surface area contributed by atoms with Gasteiger partial charge in [0, 0.05) is 5.69 Å².